The molecule has 20 heavy (non-hydrogen) atoms. The Kier molecular flexibility index (Phi) is 5.37. The van der Waals surface area contributed by atoms with Crippen LogP contribution < -0.4 is 10.2 Å². The standard InChI is InChI=1S/C14H22N4S2/c1-5-10-12(11-9-19-13(16-11)15-6-2)20-14(17-10)18(7-3)8-4/h9H,5-8H2,1-4H3,(H,15,16). The third kappa shape index (κ3) is 3.12. The molecule has 0 aromatic carbocycles. The van der Waals surface area contributed by atoms with Gasteiger partial charge in [0, 0.05) is 25.0 Å². The molecule has 0 aliphatic rings. The Labute approximate surface area is 128 Å². The molecule has 0 fully saturated rings. The van der Waals surface area contributed by atoms with E-state index in [2.05, 4.69) is 48.3 Å². The number of hydrogen-bond acceptors (Lipinski definition) is 6. The minimum Gasteiger partial charge on any atom is -0.362 e. The minimum absolute atomic E-state index is 0.904. The fourth-order valence-electron chi connectivity index (χ4n) is 2.02. The Morgan fingerprint density at radius 2 is 1.90 bits per heavy atom. The zero-order valence-corrected chi connectivity index (χ0v) is 14.2. The first-order valence-electron chi connectivity index (χ1n) is 7.17. The molecule has 1 N–H and O–H groups in total. The molecule has 0 saturated carbocycles. The van der Waals surface area contributed by atoms with Crippen LogP contribution in [0, 0.1) is 0 Å². The second-order valence-corrected chi connectivity index (χ2v) is 6.20. The van der Waals surface area contributed by atoms with Crippen LogP contribution >= 0.6 is 22.7 Å². The molecule has 0 unspecified atom stereocenters. The summed E-state index contributed by atoms with van der Waals surface area (Å²) in [6, 6.07) is 0. The zero-order chi connectivity index (χ0) is 14.5. The van der Waals surface area contributed by atoms with Gasteiger partial charge >= 0.3 is 0 Å². The van der Waals surface area contributed by atoms with Gasteiger partial charge in [-0.15, -0.1) is 11.3 Å². The lowest BCUT2D eigenvalue weighted by Crippen LogP contribution is -2.21. The van der Waals surface area contributed by atoms with Crippen LogP contribution in [-0.4, -0.2) is 29.6 Å². The molecule has 2 aromatic heterocycles. The monoisotopic (exact) mass is 310 g/mol. The van der Waals surface area contributed by atoms with E-state index in [9.17, 15) is 0 Å². The predicted octanol–water partition coefficient (Wildman–Crippen LogP) is 4.11. The van der Waals surface area contributed by atoms with E-state index in [0.717, 1.165) is 47.7 Å². The molecule has 4 nitrogen and oxygen atoms in total. The van der Waals surface area contributed by atoms with Crippen LogP contribution in [0.1, 0.15) is 33.4 Å². The summed E-state index contributed by atoms with van der Waals surface area (Å²) in [6.45, 7) is 11.5. The fourth-order valence-corrected chi connectivity index (χ4v) is 4.11. The number of aromatic nitrogens is 2. The van der Waals surface area contributed by atoms with Crippen molar-refractivity contribution in [3.05, 3.63) is 11.1 Å². The first kappa shape index (κ1) is 15.3. The Morgan fingerprint density at radius 3 is 2.50 bits per heavy atom. The van der Waals surface area contributed by atoms with Gasteiger partial charge in [0.1, 0.15) is 0 Å². The smallest absolute Gasteiger partial charge is 0.186 e. The number of nitrogens with one attached hydrogen (secondary N) is 1. The summed E-state index contributed by atoms with van der Waals surface area (Å²) >= 11 is 3.42. The number of anilines is 2. The molecule has 0 radical (unpaired) electrons. The van der Waals surface area contributed by atoms with Crippen molar-refractivity contribution in [2.24, 2.45) is 0 Å². The van der Waals surface area contributed by atoms with E-state index in [0.29, 0.717) is 0 Å². The largest absolute Gasteiger partial charge is 0.362 e. The van der Waals surface area contributed by atoms with Gasteiger partial charge in [-0.25, -0.2) is 9.97 Å². The third-order valence-electron chi connectivity index (χ3n) is 3.12. The van der Waals surface area contributed by atoms with Crippen molar-refractivity contribution in [3.8, 4) is 10.6 Å². The number of nitrogens with zero attached hydrogens (tertiary/aromatic N) is 3. The predicted molar refractivity (Wildman–Crippen MR) is 90.3 cm³/mol. The number of aryl methyl sites for hydroxylation is 1. The molecule has 0 bridgehead atoms. The zero-order valence-electron chi connectivity index (χ0n) is 12.6. The van der Waals surface area contributed by atoms with Crippen molar-refractivity contribution in [3.63, 3.8) is 0 Å². The Balaban J connectivity index is 2.34. The van der Waals surface area contributed by atoms with Crippen LogP contribution in [0.5, 0.6) is 0 Å². The summed E-state index contributed by atoms with van der Waals surface area (Å²) in [4.78, 5) is 13.0. The second-order valence-electron chi connectivity index (χ2n) is 4.37. The van der Waals surface area contributed by atoms with Crippen molar-refractivity contribution in [1.29, 1.82) is 0 Å². The topological polar surface area (TPSA) is 41.1 Å². The van der Waals surface area contributed by atoms with Gasteiger partial charge in [-0.3, -0.25) is 0 Å². The molecule has 0 aliphatic carbocycles. The normalized spacial score (nSPS) is 10.8. The van der Waals surface area contributed by atoms with Gasteiger partial charge in [0.2, 0.25) is 0 Å². The van der Waals surface area contributed by atoms with Gasteiger partial charge in [0.15, 0.2) is 10.3 Å². The van der Waals surface area contributed by atoms with Crippen molar-refractivity contribution >= 4 is 32.9 Å². The molecule has 0 saturated heterocycles. The van der Waals surface area contributed by atoms with E-state index >= 15 is 0 Å². The first-order valence-corrected chi connectivity index (χ1v) is 8.87. The van der Waals surface area contributed by atoms with Crippen LogP contribution in [0.3, 0.4) is 0 Å². The number of thiazole rings is 2. The molecular formula is C14H22N4S2. The molecule has 0 atom stereocenters. The highest BCUT2D eigenvalue weighted by Crippen LogP contribution is 2.36. The van der Waals surface area contributed by atoms with Crippen LogP contribution in [0.2, 0.25) is 0 Å². The highest BCUT2D eigenvalue weighted by Gasteiger charge is 2.17. The lowest BCUT2D eigenvalue weighted by molar-refractivity contribution is 0.854. The molecule has 110 valence electrons. The van der Waals surface area contributed by atoms with Gasteiger partial charge in [-0.05, 0) is 27.2 Å². The van der Waals surface area contributed by atoms with Crippen LogP contribution in [0.25, 0.3) is 10.6 Å². The Bertz CT molecular complexity index is 543. The van der Waals surface area contributed by atoms with E-state index in [1.807, 2.05) is 0 Å². The first-order chi connectivity index (χ1) is 9.73. The highest BCUT2D eigenvalue weighted by atomic mass is 32.1. The summed E-state index contributed by atoms with van der Waals surface area (Å²) in [5.41, 5.74) is 2.21. The summed E-state index contributed by atoms with van der Waals surface area (Å²) < 4.78 is 0. The minimum atomic E-state index is 0.904. The molecule has 2 rings (SSSR count). The average Bonchev–Trinajstić information content (AvgIpc) is 3.07. The van der Waals surface area contributed by atoms with Crippen molar-refractivity contribution in [2.75, 3.05) is 29.9 Å². The van der Waals surface area contributed by atoms with Crippen molar-refractivity contribution in [2.45, 2.75) is 34.1 Å². The molecule has 2 heterocycles. The van der Waals surface area contributed by atoms with Gasteiger partial charge in [0.05, 0.1) is 16.3 Å². The van der Waals surface area contributed by atoms with E-state index in [4.69, 9.17) is 4.98 Å². The van der Waals surface area contributed by atoms with Crippen LogP contribution in [0.4, 0.5) is 10.3 Å². The summed E-state index contributed by atoms with van der Waals surface area (Å²) in [5.74, 6) is 0. The highest BCUT2D eigenvalue weighted by molar-refractivity contribution is 7.19. The van der Waals surface area contributed by atoms with Crippen LogP contribution in [0.15, 0.2) is 5.38 Å². The lowest BCUT2D eigenvalue weighted by atomic mass is 10.2. The van der Waals surface area contributed by atoms with E-state index < -0.39 is 0 Å². The van der Waals surface area contributed by atoms with E-state index in [1.54, 1.807) is 22.7 Å². The van der Waals surface area contributed by atoms with Gasteiger partial charge in [-0.1, -0.05) is 18.3 Å². The molecule has 0 aliphatic heterocycles. The SMILES string of the molecule is CCNc1nc(-c2sc(N(CC)CC)nc2CC)cs1. The third-order valence-corrected chi connectivity index (χ3v) is 5.10. The van der Waals surface area contributed by atoms with Crippen molar-refractivity contribution < 1.29 is 0 Å². The maximum absolute atomic E-state index is 4.79. The molecule has 0 amide bonds. The number of rotatable bonds is 7. The fraction of sp³-hybridized carbons (Fsp3) is 0.571. The average molecular weight is 310 g/mol. The lowest BCUT2D eigenvalue weighted by Gasteiger charge is -2.16. The van der Waals surface area contributed by atoms with Crippen molar-refractivity contribution in [1.82, 2.24) is 9.97 Å². The summed E-state index contributed by atoms with van der Waals surface area (Å²) in [7, 11) is 0. The Morgan fingerprint density at radius 1 is 1.15 bits per heavy atom. The summed E-state index contributed by atoms with van der Waals surface area (Å²) in [6.07, 6.45) is 0.946. The number of hydrogen-bond donors (Lipinski definition) is 1. The maximum atomic E-state index is 4.79. The molecule has 6 heteroatoms. The maximum Gasteiger partial charge on any atom is 0.186 e. The van der Waals surface area contributed by atoms with Gasteiger partial charge < -0.3 is 10.2 Å². The second kappa shape index (κ2) is 7.04. The van der Waals surface area contributed by atoms with Gasteiger partial charge in [0.25, 0.3) is 0 Å². The molecule has 2 aromatic rings. The quantitative estimate of drug-likeness (QED) is 0.835. The summed E-state index contributed by atoms with van der Waals surface area (Å²) in [5, 5.41) is 7.49. The van der Waals surface area contributed by atoms with E-state index in [1.165, 1.54) is 4.88 Å². The molecule has 0 spiro atoms. The van der Waals surface area contributed by atoms with Crippen LogP contribution in [-0.2, 0) is 6.42 Å². The molecular weight excluding hydrogens is 288 g/mol. The Hall–Kier alpha value is -1.14. The van der Waals surface area contributed by atoms with E-state index in [-0.39, 0.29) is 0 Å². The van der Waals surface area contributed by atoms with Gasteiger partial charge in [-0.2, -0.15) is 0 Å².